The zero-order valence-corrected chi connectivity index (χ0v) is 13.7. The normalized spacial score (nSPS) is 15.6. The molecule has 1 aromatic carbocycles. The Morgan fingerprint density at radius 3 is 2.71 bits per heavy atom. The lowest BCUT2D eigenvalue weighted by Crippen LogP contribution is -2.39. The van der Waals surface area contributed by atoms with Crippen molar-refractivity contribution in [2.45, 2.75) is 26.3 Å². The first-order chi connectivity index (χ1) is 11.6. The van der Waals surface area contributed by atoms with Gasteiger partial charge in [0.1, 0.15) is 5.82 Å². The second-order valence-electron chi connectivity index (χ2n) is 6.11. The van der Waals surface area contributed by atoms with E-state index in [2.05, 4.69) is 10.3 Å². The van der Waals surface area contributed by atoms with Crippen LogP contribution in [0.5, 0.6) is 0 Å². The lowest BCUT2D eigenvalue weighted by Gasteiger charge is -2.30. The molecule has 0 saturated carbocycles. The van der Waals surface area contributed by atoms with E-state index in [1.807, 2.05) is 31.2 Å². The summed E-state index contributed by atoms with van der Waals surface area (Å²) in [6, 6.07) is 7.75. The molecule has 0 atom stereocenters. The maximum absolute atomic E-state index is 12.5. The number of nitrogens with zero attached hydrogens (tertiary/aromatic N) is 3. The van der Waals surface area contributed by atoms with Gasteiger partial charge in [0.05, 0.1) is 5.52 Å². The number of hydrogen-bond donors (Lipinski definition) is 2. The molecule has 128 valence electrons. The molecule has 0 spiro atoms. The van der Waals surface area contributed by atoms with E-state index in [4.69, 9.17) is 5.11 Å². The number of benzene rings is 1. The maximum atomic E-state index is 12.5. The number of fused-ring (bicyclic) bond motifs is 1. The number of aromatic nitrogens is 2. The van der Waals surface area contributed by atoms with Crippen molar-refractivity contribution in [1.29, 1.82) is 0 Å². The monoisotopic (exact) mass is 330 g/mol. The summed E-state index contributed by atoms with van der Waals surface area (Å²) in [5.41, 5.74) is 0.611. The van der Waals surface area contributed by atoms with Crippen LogP contribution in [0.15, 0.2) is 29.1 Å². The zero-order valence-electron chi connectivity index (χ0n) is 13.7. The second kappa shape index (κ2) is 6.90. The van der Waals surface area contributed by atoms with Gasteiger partial charge in [-0.05, 0) is 37.8 Å². The number of rotatable bonds is 4. The van der Waals surface area contributed by atoms with E-state index in [1.165, 1.54) is 4.90 Å². The molecule has 7 heteroatoms. The molecule has 2 N–H and O–H groups in total. The van der Waals surface area contributed by atoms with E-state index in [0.29, 0.717) is 32.0 Å². The molecule has 1 saturated heterocycles. The van der Waals surface area contributed by atoms with Crippen LogP contribution in [-0.2, 0) is 6.54 Å². The van der Waals surface area contributed by atoms with Crippen molar-refractivity contribution in [2.75, 3.05) is 25.0 Å². The molecule has 0 bridgehead atoms. The summed E-state index contributed by atoms with van der Waals surface area (Å²) in [4.78, 5) is 29.1. The highest BCUT2D eigenvalue weighted by atomic mass is 16.4. The molecule has 24 heavy (non-hydrogen) atoms. The van der Waals surface area contributed by atoms with E-state index in [1.54, 1.807) is 4.57 Å². The van der Waals surface area contributed by atoms with Crippen LogP contribution in [0.3, 0.4) is 0 Å². The van der Waals surface area contributed by atoms with Gasteiger partial charge in [-0.15, -0.1) is 0 Å². The Balaban J connectivity index is 1.88. The van der Waals surface area contributed by atoms with Gasteiger partial charge in [0.25, 0.3) is 0 Å². The third kappa shape index (κ3) is 3.20. The average molecular weight is 330 g/mol. The molecule has 2 heterocycles. The van der Waals surface area contributed by atoms with Crippen LogP contribution in [0.2, 0.25) is 0 Å². The Kier molecular flexibility index (Phi) is 4.69. The Hall–Kier alpha value is -2.57. The molecule has 1 aliphatic heterocycles. The predicted molar refractivity (Wildman–Crippen MR) is 92.5 cm³/mol. The molecule has 1 fully saturated rings. The van der Waals surface area contributed by atoms with Crippen molar-refractivity contribution in [1.82, 2.24) is 14.5 Å². The average Bonchev–Trinajstić information content (AvgIpc) is 2.59. The standard InChI is InChI=1S/C17H22N4O3/c1-2-18-15-13-5-3-4-6-14(13)21(16(22)19-15)11-12-7-9-20(10-8-12)17(23)24/h3-6,12H,2,7-11H2,1H3,(H,23,24)(H,18,19,22). The minimum atomic E-state index is -0.868. The zero-order chi connectivity index (χ0) is 17.1. The molecular weight excluding hydrogens is 308 g/mol. The van der Waals surface area contributed by atoms with Crippen molar-refractivity contribution < 1.29 is 9.90 Å². The summed E-state index contributed by atoms with van der Waals surface area (Å²) in [7, 11) is 0. The molecule has 1 aliphatic rings. The fraction of sp³-hybridized carbons (Fsp3) is 0.471. The van der Waals surface area contributed by atoms with Crippen LogP contribution in [0, 0.1) is 5.92 Å². The van der Waals surface area contributed by atoms with E-state index >= 15 is 0 Å². The highest BCUT2D eigenvalue weighted by Gasteiger charge is 2.23. The predicted octanol–water partition coefficient (Wildman–Crippen LogP) is 2.22. The minimum Gasteiger partial charge on any atom is -0.465 e. The lowest BCUT2D eigenvalue weighted by atomic mass is 9.97. The number of likely N-dealkylation sites (tertiary alicyclic amines) is 1. The van der Waals surface area contributed by atoms with Gasteiger partial charge < -0.3 is 15.3 Å². The molecule has 0 unspecified atom stereocenters. The summed E-state index contributed by atoms with van der Waals surface area (Å²) in [6.07, 6.45) is 0.664. The van der Waals surface area contributed by atoms with E-state index < -0.39 is 6.09 Å². The van der Waals surface area contributed by atoms with Crippen LogP contribution >= 0.6 is 0 Å². The number of carboxylic acid groups (broad SMARTS) is 1. The summed E-state index contributed by atoms with van der Waals surface area (Å²) in [5, 5.41) is 13.1. The lowest BCUT2D eigenvalue weighted by molar-refractivity contribution is 0.121. The van der Waals surface area contributed by atoms with Gasteiger partial charge in [0.15, 0.2) is 0 Å². The SMILES string of the molecule is CCNc1nc(=O)n(CC2CCN(C(=O)O)CC2)c2ccccc12. The second-order valence-corrected chi connectivity index (χ2v) is 6.11. The number of anilines is 1. The van der Waals surface area contributed by atoms with Crippen LogP contribution in [0.25, 0.3) is 10.9 Å². The quantitative estimate of drug-likeness (QED) is 0.897. The number of amides is 1. The third-order valence-corrected chi connectivity index (χ3v) is 4.56. The van der Waals surface area contributed by atoms with Gasteiger partial charge in [-0.2, -0.15) is 4.98 Å². The van der Waals surface area contributed by atoms with Crippen LogP contribution in [0.4, 0.5) is 10.6 Å². The number of piperidine rings is 1. The highest BCUT2D eigenvalue weighted by Crippen LogP contribution is 2.23. The number of carbonyl (C=O) groups is 1. The molecule has 3 rings (SSSR count). The van der Waals surface area contributed by atoms with Crippen molar-refractivity contribution in [3.8, 4) is 0 Å². The van der Waals surface area contributed by atoms with E-state index in [-0.39, 0.29) is 11.6 Å². The van der Waals surface area contributed by atoms with E-state index in [0.717, 1.165) is 23.7 Å². The fourth-order valence-electron chi connectivity index (χ4n) is 3.27. The van der Waals surface area contributed by atoms with Gasteiger partial charge in [0, 0.05) is 31.6 Å². The maximum Gasteiger partial charge on any atom is 0.407 e. The molecular formula is C17H22N4O3. The molecule has 0 aliphatic carbocycles. The number of para-hydroxylation sites is 1. The van der Waals surface area contributed by atoms with Crippen LogP contribution in [-0.4, -0.2) is 45.3 Å². The first-order valence-electron chi connectivity index (χ1n) is 8.31. The van der Waals surface area contributed by atoms with Crippen LogP contribution in [0.1, 0.15) is 19.8 Å². The molecule has 1 aromatic heterocycles. The van der Waals surface area contributed by atoms with Crippen molar-refractivity contribution in [3.63, 3.8) is 0 Å². The summed E-state index contributed by atoms with van der Waals surface area (Å²) < 4.78 is 1.72. The van der Waals surface area contributed by atoms with Crippen LogP contribution < -0.4 is 11.0 Å². The smallest absolute Gasteiger partial charge is 0.407 e. The minimum absolute atomic E-state index is 0.259. The number of nitrogens with one attached hydrogen (secondary N) is 1. The number of hydrogen-bond acceptors (Lipinski definition) is 4. The van der Waals surface area contributed by atoms with Crippen molar-refractivity contribution in [2.24, 2.45) is 5.92 Å². The first-order valence-corrected chi connectivity index (χ1v) is 8.31. The summed E-state index contributed by atoms with van der Waals surface area (Å²) in [6.45, 7) is 4.30. The molecule has 7 nitrogen and oxygen atoms in total. The van der Waals surface area contributed by atoms with Crippen molar-refractivity contribution in [3.05, 3.63) is 34.7 Å². The Morgan fingerprint density at radius 1 is 1.33 bits per heavy atom. The van der Waals surface area contributed by atoms with Gasteiger partial charge in [0.2, 0.25) is 0 Å². The summed E-state index contributed by atoms with van der Waals surface area (Å²) >= 11 is 0. The highest BCUT2D eigenvalue weighted by molar-refractivity contribution is 5.89. The fourth-order valence-corrected chi connectivity index (χ4v) is 3.27. The molecule has 1 amide bonds. The largest absolute Gasteiger partial charge is 0.465 e. The van der Waals surface area contributed by atoms with Crippen molar-refractivity contribution >= 4 is 22.8 Å². The van der Waals surface area contributed by atoms with E-state index in [9.17, 15) is 9.59 Å². The topological polar surface area (TPSA) is 87.5 Å². The Labute approximate surface area is 139 Å². The molecule has 2 aromatic rings. The van der Waals surface area contributed by atoms with Gasteiger partial charge in [-0.3, -0.25) is 4.57 Å². The first kappa shape index (κ1) is 16.3. The van der Waals surface area contributed by atoms with Gasteiger partial charge >= 0.3 is 11.8 Å². The van der Waals surface area contributed by atoms with Gasteiger partial charge in [-0.1, -0.05) is 12.1 Å². The third-order valence-electron chi connectivity index (χ3n) is 4.56. The molecule has 0 radical (unpaired) electrons. The summed E-state index contributed by atoms with van der Waals surface area (Å²) in [5.74, 6) is 0.906. The Bertz CT molecular complexity index is 794. The van der Waals surface area contributed by atoms with Gasteiger partial charge in [-0.25, -0.2) is 9.59 Å². The Morgan fingerprint density at radius 2 is 2.04 bits per heavy atom.